The lowest BCUT2D eigenvalue weighted by atomic mass is 10.1. The molecule has 194 valence electrons. The van der Waals surface area contributed by atoms with Crippen LogP contribution in [-0.2, 0) is 11.3 Å². The Hall–Kier alpha value is -4.66. The number of piperazine rings is 1. The van der Waals surface area contributed by atoms with Crippen LogP contribution < -0.4 is 9.64 Å². The maximum atomic E-state index is 13.2. The maximum Gasteiger partial charge on any atom is 0.290 e. The molecule has 9 heteroatoms. The Balaban J connectivity index is 1.20. The van der Waals surface area contributed by atoms with Crippen LogP contribution in [-0.4, -0.2) is 71.6 Å². The monoisotopic (exact) mass is 511 g/mol. The molecule has 0 unspecified atom stereocenters. The Morgan fingerprint density at radius 3 is 2.42 bits per heavy atom. The average Bonchev–Trinajstić information content (AvgIpc) is 3.52. The molecule has 4 aromatic rings. The average molecular weight is 512 g/mol. The molecule has 1 fully saturated rings. The van der Waals surface area contributed by atoms with Crippen molar-refractivity contribution in [2.75, 3.05) is 44.7 Å². The molecule has 0 atom stereocenters. The Bertz CT molecular complexity index is 1350. The first-order valence-corrected chi connectivity index (χ1v) is 12.5. The molecule has 0 spiro atoms. The van der Waals surface area contributed by atoms with Gasteiger partial charge in [0.05, 0.1) is 19.1 Å². The predicted octanol–water partition coefficient (Wildman–Crippen LogP) is 3.74. The first-order valence-electron chi connectivity index (χ1n) is 12.5. The van der Waals surface area contributed by atoms with Crippen molar-refractivity contribution in [3.63, 3.8) is 0 Å². The summed E-state index contributed by atoms with van der Waals surface area (Å²) in [6.45, 7) is 2.62. The number of hydrogen-bond donors (Lipinski definition) is 0. The molecule has 1 saturated heterocycles. The second-order valence-electron chi connectivity index (χ2n) is 9.00. The van der Waals surface area contributed by atoms with Crippen molar-refractivity contribution < 1.29 is 18.7 Å². The fourth-order valence-corrected chi connectivity index (χ4v) is 4.44. The SMILES string of the molecule is COc1cccc(-c2ccc(N3CCN(C(=O)CN(Cc4ccccc4)C(=O)c4ccco4)CC3)nn2)c1. The van der Waals surface area contributed by atoms with Gasteiger partial charge in [0, 0.05) is 38.3 Å². The van der Waals surface area contributed by atoms with Crippen LogP contribution in [0, 0.1) is 0 Å². The van der Waals surface area contributed by atoms with E-state index in [1.807, 2.05) is 66.7 Å². The largest absolute Gasteiger partial charge is 0.497 e. The number of carbonyl (C=O) groups excluding carboxylic acids is 2. The summed E-state index contributed by atoms with van der Waals surface area (Å²) in [5.74, 6) is 1.34. The Labute approximate surface area is 221 Å². The third-order valence-electron chi connectivity index (χ3n) is 6.53. The van der Waals surface area contributed by atoms with Crippen LogP contribution in [0.1, 0.15) is 16.1 Å². The second-order valence-corrected chi connectivity index (χ2v) is 9.00. The number of ether oxygens (including phenoxy) is 1. The number of hydrogen-bond acceptors (Lipinski definition) is 7. The van der Waals surface area contributed by atoms with Gasteiger partial charge in [0.2, 0.25) is 5.91 Å². The van der Waals surface area contributed by atoms with E-state index in [2.05, 4.69) is 15.1 Å². The molecule has 1 aliphatic heterocycles. The summed E-state index contributed by atoms with van der Waals surface area (Å²) >= 11 is 0. The zero-order chi connectivity index (χ0) is 26.3. The fraction of sp³-hybridized carbons (Fsp3) is 0.241. The van der Waals surface area contributed by atoms with Crippen molar-refractivity contribution in [3.8, 4) is 17.0 Å². The van der Waals surface area contributed by atoms with Gasteiger partial charge < -0.3 is 23.9 Å². The van der Waals surface area contributed by atoms with Crippen LogP contribution >= 0.6 is 0 Å². The van der Waals surface area contributed by atoms with Gasteiger partial charge in [-0.2, -0.15) is 0 Å². The number of anilines is 1. The van der Waals surface area contributed by atoms with E-state index in [1.165, 1.54) is 11.2 Å². The highest BCUT2D eigenvalue weighted by Gasteiger charge is 2.27. The molecule has 1 aliphatic rings. The molecular weight excluding hydrogens is 482 g/mol. The van der Waals surface area contributed by atoms with Crippen molar-refractivity contribution in [3.05, 3.63) is 96.4 Å². The van der Waals surface area contributed by atoms with Crippen LogP contribution in [0.5, 0.6) is 5.75 Å². The standard InChI is InChI=1S/C29H29N5O4/c1-37-24-10-5-9-23(19-24)25-12-13-27(31-30-25)32-14-16-33(17-15-32)28(35)21-34(20-22-7-3-2-4-8-22)29(36)26-11-6-18-38-26/h2-13,18-19H,14-17,20-21H2,1H3. The lowest BCUT2D eigenvalue weighted by Crippen LogP contribution is -2.52. The number of carbonyl (C=O) groups is 2. The summed E-state index contributed by atoms with van der Waals surface area (Å²) < 4.78 is 10.6. The molecule has 38 heavy (non-hydrogen) atoms. The van der Waals surface area contributed by atoms with Crippen molar-refractivity contribution in [2.24, 2.45) is 0 Å². The normalized spacial score (nSPS) is 13.3. The number of rotatable bonds is 8. The van der Waals surface area contributed by atoms with Gasteiger partial charge in [0.1, 0.15) is 12.3 Å². The zero-order valence-corrected chi connectivity index (χ0v) is 21.2. The Morgan fingerprint density at radius 1 is 0.921 bits per heavy atom. The number of aromatic nitrogens is 2. The van der Waals surface area contributed by atoms with E-state index < -0.39 is 0 Å². The molecule has 0 N–H and O–H groups in total. The van der Waals surface area contributed by atoms with Crippen LogP contribution in [0.4, 0.5) is 5.82 Å². The van der Waals surface area contributed by atoms with Gasteiger partial charge in [-0.05, 0) is 42.0 Å². The Kier molecular flexibility index (Phi) is 7.63. The van der Waals surface area contributed by atoms with E-state index in [9.17, 15) is 9.59 Å². The molecule has 0 saturated carbocycles. The minimum Gasteiger partial charge on any atom is -0.497 e. The molecule has 0 bridgehead atoms. The number of methoxy groups -OCH3 is 1. The van der Waals surface area contributed by atoms with Crippen LogP contribution in [0.15, 0.2) is 89.5 Å². The first kappa shape index (κ1) is 25.0. The van der Waals surface area contributed by atoms with Crippen LogP contribution in [0.3, 0.4) is 0 Å². The summed E-state index contributed by atoms with van der Waals surface area (Å²) in [6, 6.07) is 24.5. The van der Waals surface area contributed by atoms with Crippen LogP contribution in [0.2, 0.25) is 0 Å². The smallest absolute Gasteiger partial charge is 0.290 e. The minimum absolute atomic E-state index is 0.0243. The number of furan rings is 1. The highest BCUT2D eigenvalue weighted by atomic mass is 16.5. The van der Waals surface area contributed by atoms with Gasteiger partial charge >= 0.3 is 0 Å². The van der Waals surface area contributed by atoms with Crippen molar-refractivity contribution >= 4 is 17.6 Å². The minimum atomic E-state index is -0.308. The van der Waals surface area contributed by atoms with Gasteiger partial charge in [-0.3, -0.25) is 9.59 Å². The zero-order valence-electron chi connectivity index (χ0n) is 21.2. The van der Waals surface area contributed by atoms with E-state index in [0.29, 0.717) is 32.7 Å². The maximum absolute atomic E-state index is 13.2. The van der Waals surface area contributed by atoms with E-state index >= 15 is 0 Å². The summed E-state index contributed by atoms with van der Waals surface area (Å²) in [5.41, 5.74) is 2.64. The number of nitrogens with zero attached hydrogens (tertiary/aromatic N) is 5. The second kappa shape index (κ2) is 11.6. The highest BCUT2D eigenvalue weighted by molar-refractivity contribution is 5.94. The van der Waals surface area contributed by atoms with Crippen molar-refractivity contribution in [1.29, 1.82) is 0 Å². The number of amides is 2. The van der Waals surface area contributed by atoms with Gasteiger partial charge in [0.15, 0.2) is 11.6 Å². The van der Waals surface area contributed by atoms with Crippen molar-refractivity contribution in [2.45, 2.75) is 6.54 Å². The summed E-state index contributed by atoms with van der Waals surface area (Å²) in [5, 5.41) is 8.82. The molecule has 9 nitrogen and oxygen atoms in total. The molecule has 0 aliphatic carbocycles. The number of benzene rings is 2. The molecule has 0 radical (unpaired) electrons. The lowest BCUT2D eigenvalue weighted by Gasteiger charge is -2.36. The third kappa shape index (κ3) is 5.83. The van der Waals surface area contributed by atoms with E-state index in [1.54, 1.807) is 24.1 Å². The summed E-state index contributed by atoms with van der Waals surface area (Å²) in [4.78, 5) is 31.7. The molecule has 2 aromatic carbocycles. The predicted molar refractivity (Wildman–Crippen MR) is 143 cm³/mol. The van der Waals surface area contributed by atoms with E-state index in [4.69, 9.17) is 9.15 Å². The molecule has 2 amide bonds. The lowest BCUT2D eigenvalue weighted by molar-refractivity contribution is -0.132. The molecule has 2 aromatic heterocycles. The van der Waals surface area contributed by atoms with Gasteiger partial charge in [-0.25, -0.2) is 0 Å². The van der Waals surface area contributed by atoms with E-state index in [-0.39, 0.29) is 24.1 Å². The van der Waals surface area contributed by atoms with Gasteiger partial charge in [0.25, 0.3) is 5.91 Å². The highest BCUT2D eigenvalue weighted by Crippen LogP contribution is 2.23. The third-order valence-corrected chi connectivity index (χ3v) is 6.53. The molecule has 3 heterocycles. The topological polar surface area (TPSA) is 92.0 Å². The molecular formula is C29H29N5O4. The summed E-state index contributed by atoms with van der Waals surface area (Å²) in [7, 11) is 1.63. The van der Waals surface area contributed by atoms with Crippen LogP contribution in [0.25, 0.3) is 11.3 Å². The molecule has 5 rings (SSSR count). The van der Waals surface area contributed by atoms with Gasteiger partial charge in [-0.1, -0.05) is 42.5 Å². The van der Waals surface area contributed by atoms with Gasteiger partial charge in [-0.15, -0.1) is 10.2 Å². The Morgan fingerprint density at radius 2 is 1.74 bits per heavy atom. The van der Waals surface area contributed by atoms with E-state index in [0.717, 1.165) is 28.4 Å². The first-order chi connectivity index (χ1) is 18.6. The quantitative estimate of drug-likeness (QED) is 0.356. The fourth-order valence-electron chi connectivity index (χ4n) is 4.44. The van der Waals surface area contributed by atoms with Crippen molar-refractivity contribution in [1.82, 2.24) is 20.0 Å². The summed E-state index contributed by atoms with van der Waals surface area (Å²) in [6.07, 6.45) is 1.46.